The number of hydrogen-bond acceptors (Lipinski definition) is 5. The van der Waals surface area contributed by atoms with E-state index in [1.54, 1.807) is 12.1 Å². The third-order valence-electron chi connectivity index (χ3n) is 7.52. The molecule has 2 heterocycles. The number of phenols is 1. The van der Waals surface area contributed by atoms with Gasteiger partial charge in [-0.15, -0.1) is 11.6 Å². The standard InChI is InChI=1S/C31H29N2O3.Pt/c1-18(2)31-25-9-7-6-8-22(25)17-30(31,5)36-29(33-31)23-13-19(3)14-24(16-23)35-27-11-10-21-12-20(4)15-26(34)28(21)32-27;/h6-15,18,34H,17H2,1-5H3;/q-1;/t30-,31+;/m1./s1. The van der Waals surface area contributed by atoms with Gasteiger partial charge in [0.1, 0.15) is 28.3 Å². The molecule has 0 unspecified atom stereocenters. The maximum absolute atomic E-state index is 10.4. The van der Waals surface area contributed by atoms with Crippen molar-refractivity contribution in [2.75, 3.05) is 0 Å². The summed E-state index contributed by atoms with van der Waals surface area (Å²) in [6.45, 7) is 10.6. The largest absolute Gasteiger partial charge is 0.511 e. The Morgan fingerprint density at radius 3 is 2.57 bits per heavy atom. The van der Waals surface area contributed by atoms with Gasteiger partial charge in [0, 0.05) is 44.7 Å². The van der Waals surface area contributed by atoms with Crippen LogP contribution in [0, 0.1) is 25.8 Å². The molecule has 6 heteroatoms. The summed E-state index contributed by atoms with van der Waals surface area (Å²) in [7, 11) is 0. The van der Waals surface area contributed by atoms with Gasteiger partial charge in [0.05, 0.1) is 0 Å². The number of phenolic OH excluding ortho intramolecular Hbond substituents is 1. The summed E-state index contributed by atoms with van der Waals surface area (Å²) in [4.78, 5) is 9.80. The van der Waals surface area contributed by atoms with Crippen molar-refractivity contribution in [3.8, 4) is 17.4 Å². The molecule has 1 aliphatic heterocycles. The Balaban J connectivity index is 0.00000280. The normalized spacial score (nSPS) is 21.7. The maximum atomic E-state index is 10.4. The molecule has 192 valence electrons. The molecule has 0 spiro atoms. The summed E-state index contributed by atoms with van der Waals surface area (Å²) >= 11 is 0. The number of aliphatic imine (C=N–C) groups is 1. The number of fused-ring (bicyclic) bond motifs is 4. The van der Waals surface area contributed by atoms with Gasteiger partial charge in [-0.25, -0.2) is 4.98 Å². The molecule has 0 saturated carbocycles. The molecule has 2 atom stereocenters. The van der Waals surface area contributed by atoms with Crippen LogP contribution in [0.15, 0.2) is 65.7 Å². The van der Waals surface area contributed by atoms with Gasteiger partial charge >= 0.3 is 0 Å². The van der Waals surface area contributed by atoms with Crippen molar-refractivity contribution in [2.45, 2.75) is 52.2 Å². The topological polar surface area (TPSA) is 63.9 Å². The van der Waals surface area contributed by atoms with Gasteiger partial charge in [-0.05, 0) is 54.7 Å². The summed E-state index contributed by atoms with van der Waals surface area (Å²) in [6, 6.07) is 23.2. The SMILES string of the molecule is Cc1cc(Oc2ccc3cc(C)cc(O)c3n2)[c-]c(C2=N[C@@]3(C(C)C)c4ccccc4C[C@@]3(C)O2)c1.[Pt]. The first-order chi connectivity index (χ1) is 17.2. The Morgan fingerprint density at radius 2 is 1.78 bits per heavy atom. The molecule has 0 amide bonds. The minimum absolute atomic E-state index is 0. The molecular weight excluding hydrogens is 643 g/mol. The molecule has 2 aliphatic rings. The fourth-order valence-corrected chi connectivity index (χ4v) is 6.05. The summed E-state index contributed by atoms with van der Waals surface area (Å²) in [5.74, 6) is 1.89. The fourth-order valence-electron chi connectivity index (χ4n) is 6.05. The Bertz CT molecular complexity index is 1560. The summed E-state index contributed by atoms with van der Waals surface area (Å²) in [5, 5.41) is 11.2. The molecule has 5 nitrogen and oxygen atoms in total. The fraction of sp³-hybridized carbons (Fsp3) is 0.290. The molecule has 0 radical (unpaired) electrons. The van der Waals surface area contributed by atoms with Crippen LogP contribution in [0.25, 0.3) is 10.9 Å². The van der Waals surface area contributed by atoms with Crippen LogP contribution in [0.2, 0.25) is 0 Å². The summed E-state index contributed by atoms with van der Waals surface area (Å²) in [6.07, 6.45) is 0.813. The van der Waals surface area contributed by atoms with E-state index < -0.39 is 11.1 Å². The number of ether oxygens (including phenoxy) is 2. The van der Waals surface area contributed by atoms with Crippen molar-refractivity contribution >= 4 is 16.8 Å². The molecule has 3 aromatic carbocycles. The van der Waals surface area contributed by atoms with Gasteiger partial charge in [0.25, 0.3) is 0 Å². The quantitative estimate of drug-likeness (QED) is 0.243. The Labute approximate surface area is 231 Å². The van der Waals surface area contributed by atoms with Crippen molar-refractivity contribution in [3.05, 3.63) is 94.5 Å². The minimum atomic E-state index is -0.464. The molecule has 1 aliphatic carbocycles. The molecule has 4 aromatic rings. The second-order valence-corrected chi connectivity index (χ2v) is 10.5. The molecular formula is C31H29N2O3Pt-. The molecule has 6 rings (SSSR count). The summed E-state index contributed by atoms with van der Waals surface area (Å²) in [5.41, 5.74) is 4.88. The van der Waals surface area contributed by atoms with E-state index in [0.717, 1.165) is 28.5 Å². The van der Waals surface area contributed by atoms with Gasteiger partial charge in [-0.1, -0.05) is 62.7 Å². The van der Waals surface area contributed by atoms with Gasteiger partial charge in [0.2, 0.25) is 5.88 Å². The van der Waals surface area contributed by atoms with Crippen LogP contribution in [0.5, 0.6) is 17.4 Å². The molecule has 37 heavy (non-hydrogen) atoms. The average Bonchev–Trinajstić information content (AvgIpc) is 3.26. The third-order valence-corrected chi connectivity index (χ3v) is 7.52. The van der Waals surface area contributed by atoms with Crippen LogP contribution in [0.3, 0.4) is 0 Å². The number of nitrogens with zero attached hydrogens (tertiary/aromatic N) is 2. The first-order valence-corrected chi connectivity index (χ1v) is 12.4. The molecule has 0 saturated heterocycles. The van der Waals surface area contributed by atoms with Gasteiger partial charge in [-0.3, -0.25) is 4.99 Å². The van der Waals surface area contributed by atoms with Crippen LogP contribution in [0.4, 0.5) is 0 Å². The summed E-state index contributed by atoms with van der Waals surface area (Å²) < 4.78 is 12.8. The Kier molecular flexibility index (Phi) is 6.19. The van der Waals surface area contributed by atoms with Crippen LogP contribution in [-0.2, 0) is 37.8 Å². The molecule has 0 fully saturated rings. The van der Waals surface area contributed by atoms with E-state index in [2.05, 4.69) is 56.1 Å². The monoisotopic (exact) mass is 672 g/mol. The smallest absolute Gasteiger partial charge is 0.217 e. The first kappa shape index (κ1) is 25.5. The number of rotatable bonds is 4. The zero-order chi connectivity index (χ0) is 25.2. The Hall–Kier alpha value is -3.17. The first-order valence-electron chi connectivity index (χ1n) is 12.4. The van der Waals surface area contributed by atoms with E-state index in [9.17, 15) is 5.11 Å². The van der Waals surface area contributed by atoms with E-state index >= 15 is 0 Å². The van der Waals surface area contributed by atoms with Crippen molar-refractivity contribution in [3.63, 3.8) is 0 Å². The van der Waals surface area contributed by atoms with Crippen LogP contribution in [-0.4, -0.2) is 21.6 Å². The van der Waals surface area contributed by atoms with Crippen molar-refractivity contribution < 1.29 is 35.6 Å². The van der Waals surface area contributed by atoms with Gasteiger partial charge < -0.3 is 14.6 Å². The van der Waals surface area contributed by atoms with E-state index in [1.165, 1.54) is 11.1 Å². The molecule has 1 aromatic heterocycles. The predicted molar refractivity (Wildman–Crippen MR) is 141 cm³/mol. The number of aromatic hydroxyl groups is 1. The van der Waals surface area contributed by atoms with Crippen molar-refractivity contribution in [1.29, 1.82) is 0 Å². The number of benzene rings is 3. The Morgan fingerprint density at radius 1 is 1.03 bits per heavy atom. The molecule has 0 bridgehead atoms. The number of aryl methyl sites for hydroxylation is 2. The van der Waals surface area contributed by atoms with E-state index in [4.69, 9.17) is 14.5 Å². The van der Waals surface area contributed by atoms with E-state index in [0.29, 0.717) is 23.0 Å². The van der Waals surface area contributed by atoms with Crippen LogP contribution < -0.4 is 4.74 Å². The molecule has 1 N–H and O–H groups in total. The van der Waals surface area contributed by atoms with Crippen molar-refractivity contribution in [2.24, 2.45) is 10.9 Å². The second-order valence-electron chi connectivity index (χ2n) is 10.5. The number of aromatic nitrogens is 1. The zero-order valence-electron chi connectivity index (χ0n) is 21.5. The van der Waals surface area contributed by atoms with Gasteiger partial charge in [-0.2, -0.15) is 0 Å². The predicted octanol–water partition coefficient (Wildman–Crippen LogP) is 6.79. The van der Waals surface area contributed by atoms with E-state index in [1.807, 2.05) is 38.1 Å². The van der Waals surface area contributed by atoms with Crippen molar-refractivity contribution in [1.82, 2.24) is 4.98 Å². The number of pyridine rings is 1. The maximum Gasteiger partial charge on any atom is 0.217 e. The minimum Gasteiger partial charge on any atom is -0.511 e. The average molecular weight is 673 g/mol. The van der Waals surface area contributed by atoms with Gasteiger partial charge in [0.15, 0.2) is 0 Å². The third kappa shape index (κ3) is 3.95. The van der Waals surface area contributed by atoms with Crippen LogP contribution in [0.1, 0.15) is 48.6 Å². The zero-order valence-corrected chi connectivity index (χ0v) is 23.8. The number of hydrogen-bond donors (Lipinski definition) is 1. The van der Waals surface area contributed by atoms with E-state index in [-0.39, 0.29) is 32.7 Å². The van der Waals surface area contributed by atoms with Crippen LogP contribution >= 0.6 is 0 Å². The second kappa shape index (κ2) is 8.99.